The molecule has 0 aliphatic carbocycles. The summed E-state index contributed by atoms with van der Waals surface area (Å²) in [6.07, 6.45) is 7.90. The van der Waals surface area contributed by atoms with E-state index in [1.807, 2.05) is 48.8 Å². The van der Waals surface area contributed by atoms with Gasteiger partial charge < -0.3 is 4.57 Å². The summed E-state index contributed by atoms with van der Waals surface area (Å²) in [5.74, 6) is 0.940. The predicted octanol–water partition coefficient (Wildman–Crippen LogP) is 5.06. The molecule has 110 valence electrons. The summed E-state index contributed by atoms with van der Waals surface area (Å²) < 4.78 is 2.14. The molecule has 0 atom stereocenters. The second-order valence-electron chi connectivity index (χ2n) is 5.28. The van der Waals surface area contributed by atoms with Crippen LogP contribution < -0.4 is 0 Å². The van der Waals surface area contributed by atoms with E-state index in [-0.39, 0.29) is 0 Å². The lowest BCUT2D eigenvalue weighted by Gasteiger charge is -2.06. The third-order valence-corrected chi connectivity index (χ3v) is 3.77. The van der Waals surface area contributed by atoms with Crippen LogP contribution in [-0.2, 0) is 6.54 Å². The van der Waals surface area contributed by atoms with Crippen molar-refractivity contribution in [3.05, 3.63) is 88.5 Å². The molecular formula is C19H17ClN2. The Kier molecular flexibility index (Phi) is 4.40. The fraction of sp³-hybridized carbons (Fsp3) is 0.105. The summed E-state index contributed by atoms with van der Waals surface area (Å²) >= 11 is 5.90. The Bertz CT molecular complexity index is 768. The first-order valence-electron chi connectivity index (χ1n) is 7.21. The monoisotopic (exact) mass is 308 g/mol. The number of rotatable bonds is 4. The number of halogens is 1. The van der Waals surface area contributed by atoms with Gasteiger partial charge in [-0.2, -0.15) is 0 Å². The standard InChI is InChI=1S/C19H17ClN2/c1-15-2-4-17(5-3-15)14-22-13-12-21-19(22)11-8-16-6-9-18(20)10-7-16/h2-13H,14H2,1H3/b11-8+. The highest BCUT2D eigenvalue weighted by molar-refractivity contribution is 6.30. The maximum absolute atomic E-state index is 5.90. The van der Waals surface area contributed by atoms with Gasteiger partial charge in [0.1, 0.15) is 5.82 Å². The minimum absolute atomic E-state index is 0.748. The van der Waals surface area contributed by atoms with Crippen LogP contribution in [-0.4, -0.2) is 9.55 Å². The fourth-order valence-corrected chi connectivity index (χ4v) is 2.37. The molecule has 0 radical (unpaired) electrons. The molecule has 0 N–H and O–H groups in total. The summed E-state index contributed by atoms with van der Waals surface area (Å²) in [6.45, 7) is 2.92. The number of aryl methyl sites for hydroxylation is 1. The molecule has 3 rings (SSSR count). The van der Waals surface area contributed by atoms with Gasteiger partial charge in [0.05, 0.1) is 0 Å². The van der Waals surface area contributed by atoms with E-state index in [4.69, 9.17) is 11.6 Å². The molecule has 0 aliphatic heterocycles. The van der Waals surface area contributed by atoms with Crippen molar-refractivity contribution >= 4 is 23.8 Å². The zero-order valence-electron chi connectivity index (χ0n) is 12.4. The van der Waals surface area contributed by atoms with E-state index in [1.54, 1.807) is 0 Å². The minimum Gasteiger partial charge on any atom is -0.327 e. The van der Waals surface area contributed by atoms with Gasteiger partial charge in [0.25, 0.3) is 0 Å². The summed E-state index contributed by atoms with van der Waals surface area (Å²) in [4.78, 5) is 4.41. The van der Waals surface area contributed by atoms with Crippen molar-refractivity contribution in [2.24, 2.45) is 0 Å². The molecule has 3 heteroatoms. The lowest BCUT2D eigenvalue weighted by atomic mass is 10.1. The van der Waals surface area contributed by atoms with Crippen LogP contribution in [0.2, 0.25) is 5.02 Å². The molecule has 2 nitrogen and oxygen atoms in total. The second-order valence-corrected chi connectivity index (χ2v) is 5.72. The lowest BCUT2D eigenvalue weighted by Crippen LogP contribution is -2.00. The Morgan fingerprint density at radius 1 is 1.00 bits per heavy atom. The normalized spacial score (nSPS) is 11.2. The first-order chi connectivity index (χ1) is 10.7. The zero-order valence-corrected chi connectivity index (χ0v) is 13.2. The van der Waals surface area contributed by atoms with Crippen LogP contribution in [0.15, 0.2) is 60.9 Å². The van der Waals surface area contributed by atoms with Crippen LogP contribution in [0.25, 0.3) is 12.2 Å². The third kappa shape index (κ3) is 3.66. The topological polar surface area (TPSA) is 17.8 Å². The van der Waals surface area contributed by atoms with Gasteiger partial charge in [-0.15, -0.1) is 0 Å². The number of benzene rings is 2. The van der Waals surface area contributed by atoms with E-state index in [0.29, 0.717) is 0 Å². The molecule has 0 fully saturated rings. The minimum atomic E-state index is 0.748. The maximum atomic E-state index is 5.90. The second kappa shape index (κ2) is 6.63. The van der Waals surface area contributed by atoms with Crippen molar-refractivity contribution in [1.29, 1.82) is 0 Å². The average Bonchev–Trinajstić information content (AvgIpc) is 2.96. The summed E-state index contributed by atoms with van der Waals surface area (Å²) in [7, 11) is 0. The van der Waals surface area contributed by atoms with Crippen LogP contribution in [0.4, 0.5) is 0 Å². The number of hydrogen-bond acceptors (Lipinski definition) is 1. The Hall–Kier alpha value is -2.32. The van der Waals surface area contributed by atoms with E-state index in [1.165, 1.54) is 11.1 Å². The fourth-order valence-electron chi connectivity index (χ4n) is 2.25. The molecule has 3 aromatic rings. The highest BCUT2D eigenvalue weighted by Crippen LogP contribution is 2.13. The van der Waals surface area contributed by atoms with E-state index < -0.39 is 0 Å². The molecule has 22 heavy (non-hydrogen) atoms. The molecule has 0 amide bonds. The molecular weight excluding hydrogens is 292 g/mol. The van der Waals surface area contributed by atoms with Gasteiger partial charge >= 0.3 is 0 Å². The van der Waals surface area contributed by atoms with E-state index in [9.17, 15) is 0 Å². The van der Waals surface area contributed by atoms with Crippen LogP contribution >= 0.6 is 11.6 Å². The van der Waals surface area contributed by atoms with Crippen LogP contribution in [0.5, 0.6) is 0 Å². The molecule has 0 unspecified atom stereocenters. The molecule has 0 aliphatic rings. The maximum Gasteiger partial charge on any atom is 0.132 e. The number of aromatic nitrogens is 2. The first-order valence-corrected chi connectivity index (χ1v) is 7.59. The van der Waals surface area contributed by atoms with Crippen molar-refractivity contribution in [2.45, 2.75) is 13.5 Å². The first kappa shape index (κ1) is 14.6. The van der Waals surface area contributed by atoms with Crippen LogP contribution in [0, 0.1) is 6.92 Å². The van der Waals surface area contributed by atoms with Gasteiger partial charge in [0.15, 0.2) is 0 Å². The Morgan fingerprint density at radius 2 is 1.73 bits per heavy atom. The van der Waals surface area contributed by atoms with Gasteiger partial charge in [0.2, 0.25) is 0 Å². The number of nitrogens with zero attached hydrogens (tertiary/aromatic N) is 2. The van der Waals surface area contributed by atoms with Gasteiger partial charge in [0, 0.05) is 24.0 Å². The summed E-state index contributed by atoms with van der Waals surface area (Å²) in [6, 6.07) is 16.3. The van der Waals surface area contributed by atoms with E-state index >= 15 is 0 Å². The van der Waals surface area contributed by atoms with Crippen molar-refractivity contribution < 1.29 is 0 Å². The zero-order chi connectivity index (χ0) is 15.4. The molecule has 2 aromatic carbocycles. The predicted molar refractivity (Wildman–Crippen MR) is 92.9 cm³/mol. The van der Waals surface area contributed by atoms with Crippen LogP contribution in [0.3, 0.4) is 0 Å². The van der Waals surface area contributed by atoms with Gasteiger partial charge in [-0.1, -0.05) is 59.6 Å². The molecule has 1 aromatic heterocycles. The summed E-state index contributed by atoms with van der Waals surface area (Å²) in [5.41, 5.74) is 3.65. The number of imidazole rings is 1. The van der Waals surface area contributed by atoms with E-state index in [2.05, 4.69) is 40.7 Å². The SMILES string of the molecule is Cc1ccc(Cn2ccnc2/C=C/c2ccc(Cl)cc2)cc1. The Labute approximate surface area is 135 Å². The molecule has 0 saturated carbocycles. The molecule has 0 saturated heterocycles. The van der Waals surface area contributed by atoms with Gasteiger partial charge in [-0.05, 0) is 36.3 Å². The van der Waals surface area contributed by atoms with Gasteiger partial charge in [-0.25, -0.2) is 4.98 Å². The van der Waals surface area contributed by atoms with Gasteiger partial charge in [-0.3, -0.25) is 0 Å². The summed E-state index contributed by atoms with van der Waals surface area (Å²) in [5, 5.41) is 0.748. The van der Waals surface area contributed by atoms with Crippen molar-refractivity contribution in [2.75, 3.05) is 0 Å². The average molecular weight is 309 g/mol. The van der Waals surface area contributed by atoms with Crippen LogP contribution in [0.1, 0.15) is 22.5 Å². The lowest BCUT2D eigenvalue weighted by molar-refractivity contribution is 0.787. The largest absolute Gasteiger partial charge is 0.327 e. The smallest absolute Gasteiger partial charge is 0.132 e. The van der Waals surface area contributed by atoms with Crippen molar-refractivity contribution in [3.8, 4) is 0 Å². The van der Waals surface area contributed by atoms with E-state index in [0.717, 1.165) is 23.0 Å². The highest BCUT2D eigenvalue weighted by Gasteiger charge is 2.00. The Morgan fingerprint density at radius 3 is 2.45 bits per heavy atom. The Balaban J connectivity index is 1.77. The van der Waals surface area contributed by atoms with Crippen molar-refractivity contribution in [1.82, 2.24) is 9.55 Å². The molecule has 0 spiro atoms. The quantitative estimate of drug-likeness (QED) is 0.658. The van der Waals surface area contributed by atoms with Crippen molar-refractivity contribution in [3.63, 3.8) is 0 Å². The number of hydrogen-bond donors (Lipinski definition) is 0. The highest BCUT2D eigenvalue weighted by atomic mass is 35.5. The molecule has 0 bridgehead atoms. The third-order valence-electron chi connectivity index (χ3n) is 3.52. The molecule has 1 heterocycles.